The molecule has 248 valence electrons. The van der Waals surface area contributed by atoms with Crippen LogP contribution in [-0.2, 0) is 17.9 Å². The molecule has 4 aromatic rings. The lowest BCUT2D eigenvalue weighted by Gasteiger charge is -2.24. The third kappa shape index (κ3) is 7.94. The van der Waals surface area contributed by atoms with Crippen LogP contribution in [0.1, 0.15) is 47.6 Å². The number of hydrogen-bond donors (Lipinski definition) is 5. The van der Waals surface area contributed by atoms with E-state index in [-0.39, 0.29) is 35.8 Å². The highest BCUT2D eigenvalue weighted by Crippen LogP contribution is 2.42. The Morgan fingerprint density at radius 2 is 1.79 bits per heavy atom. The van der Waals surface area contributed by atoms with Crippen molar-refractivity contribution in [2.24, 2.45) is 0 Å². The van der Waals surface area contributed by atoms with Crippen molar-refractivity contribution in [2.75, 3.05) is 38.7 Å². The van der Waals surface area contributed by atoms with E-state index in [0.717, 1.165) is 18.5 Å². The number of benzene rings is 3. The fourth-order valence-corrected chi connectivity index (χ4v) is 6.30. The lowest BCUT2D eigenvalue weighted by molar-refractivity contribution is -0.118. The molecule has 5 rings (SSSR count). The SMILES string of the molecule is COc1cc(-c2cccc(-c3cccc(NC(=O)c4cc5n(n4)CCCC5NCCO)c3Cl)c2Cl)cc(F)c1CNCCNC(C)=O. The number of hydrogen-bond acceptors (Lipinski definition) is 7. The predicted octanol–water partition coefficient (Wildman–Crippen LogP) is 5.57. The molecule has 1 aliphatic rings. The van der Waals surface area contributed by atoms with Gasteiger partial charge in [-0.1, -0.05) is 53.5 Å². The van der Waals surface area contributed by atoms with E-state index in [1.807, 2.05) is 10.7 Å². The number of carbonyl (C=O) groups excluding carboxylic acids is 2. The van der Waals surface area contributed by atoms with Crippen LogP contribution in [0, 0.1) is 5.82 Å². The maximum Gasteiger partial charge on any atom is 0.276 e. The monoisotopic (exact) mass is 682 g/mol. The van der Waals surface area contributed by atoms with Crippen LogP contribution in [0.5, 0.6) is 5.75 Å². The van der Waals surface area contributed by atoms with Crippen molar-refractivity contribution in [1.29, 1.82) is 0 Å². The fraction of sp³-hybridized carbons (Fsp3) is 0.324. The van der Waals surface area contributed by atoms with Crippen molar-refractivity contribution in [2.45, 2.75) is 38.9 Å². The molecule has 0 spiro atoms. The third-order valence-corrected chi connectivity index (χ3v) is 8.78. The normalized spacial score (nSPS) is 14.0. The second kappa shape index (κ2) is 15.7. The highest BCUT2D eigenvalue weighted by molar-refractivity contribution is 6.39. The number of nitrogens with zero attached hydrogens (tertiary/aromatic N) is 2. The minimum absolute atomic E-state index is 0.00811. The number of nitrogens with one attached hydrogen (secondary N) is 4. The molecule has 13 heteroatoms. The molecule has 0 bridgehead atoms. The van der Waals surface area contributed by atoms with Gasteiger partial charge in [-0.05, 0) is 42.7 Å². The molecule has 0 aliphatic carbocycles. The summed E-state index contributed by atoms with van der Waals surface area (Å²) in [7, 11) is 1.47. The first-order valence-electron chi connectivity index (χ1n) is 15.3. The highest BCUT2D eigenvalue weighted by Gasteiger charge is 2.25. The molecule has 0 radical (unpaired) electrons. The number of amides is 2. The molecule has 3 aromatic carbocycles. The van der Waals surface area contributed by atoms with E-state index in [9.17, 15) is 14.7 Å². The first-order chi connectivity index (χ1) is 22.7. The molecular formula is C34H37Cl2FN6O4. The van der Waals surface area contributed by atoms with Gasteiger partial charge in [-0.25, -0.2) is 4.39 Å². The lowest BCUT2D eigenvalue weighted by Crippen LogP contribution is -2.30. The average Bonchev–Trinajstić information content (AvgIpc) is 3.51. The molecule has 0 fully saturated rings. The number of aliphatic hydroxyl groups excluding tert-OH is 1. The molecule has 47 heavy (non-hydrogen) atoms. The van der Waals surface area contributed by atoms with E-state index >= 15 is 4.39 Å². The largest absolute Gasteiger partial charge is 0.496 e. The van der Waals surface area contributed by atoms with Gasteiger partial charge < -0.3 is 31.1 Å². The Morgan fingerprint density at radius 3 is 2.53 bits per heavy atom. The topological polar surface area (TPSA) is 130 Å². The van der Waals surface area contributed by atoms with Crippen LogP contribution in [0.4, 0.5) is 10.1 Å². The molecule has 1 aromatic heterocycles. The summed E-state index contributed by atoms with van der Waals surface area (Å²) in [6, 6.07) is 15.6. The average molecular weight is 684 g/mol. The summed E-state index contributed by atoms with van der Waals surface area (Å²) in [5, 5.41) is 26.3. The Bertz CT molecular complexity index is 1760. The Morgan fingerprint density at radius 1 is 1.04 bits per heavy atom. The lowest BCUT2D eigenvalue weighted by atomic mass is 9.97. The summed E-state index contributed by atoms with van der Waals surface area (Å²) in [6.07, 6.45) is 1.80. The quantitative estimate of drug-likeness (QED) is 0.117. The molecule has 2 amide bonds. The number of ether oxygens (including phenoxy) is 1. The zero-order chi connectivity index (χ0) is 33.5. The minimum atomic E-state index is -0.466. The number of fused-ring (bicyclic) bond motifs is 1. The highest BCUT2D eigenvalue weighted by atomic mass is 35.5. The van der Waals surface area contributed by atoms with Gasteiger partial charge in [0.25, 0.3) is 5.91 Å². The van der Waals surface area contributed by atoms with E-state index in [0.29, 0.717) is 70.5 Å². The molecule has 0 saturated heterocycles. The van der Waals surface area contributed by atoms with Gasteiger partial charge in [-0.15, -0.1) is 0 Å². The van der Waals surface area contributed by atoms with Gasteiger partial charge in [-0.2, -0.15) is 5.10 Å². The fourth-order valence-electron chi connectivity index (χ4n) is 5.69. The van der Waals surface area contributed by atoms with E-state index in [2.05, 4.69) is 26.4 Å². The Labute approximate surface area is 282 Å². The van der Waals surface area contributed by atoms with Gasteiger partial charge in [0.15, 0.2) is 5.69 Å². The number of anilines is 1. The third-order valence-electron chi connectivity index (χ3n) is 7.96. The molecular weight excluding hydrogens is 646 g/mol. The van der Waals surface area contributed by atoms with Crippen molar-refractivity contribution in [1.82, 2.24) is 25.7 Å². The number of methoxy groups -OCH3 is 1. The van der Waals surface area contributed by atoms with Crippen molar-refractivity contribution in [3.05, 3.63) is 87.4 Å². The zero-order valence-corrected chi connectivity index (χ0v) is 27.6. The van der Waals surface area contributed by atoms with Crippen LogP contribution in [-0.4, -0.2) is 60.1 Å². The molecule has 1 aliphatic heterocycles. The van der Waals surface area contributed by atoms with Crippen LogP contribution in [0.3, 0.4) is 0 Å². The van der Waals surface area contributed by atoms with Crippen LogP contribution < -0.4 is 26.0 Å². The summed E-state index contributed by atoms with van der Waals surface area (Å²) in [5.41, 5.74) is 4.19. The van der Waals surface area contributed by atoms with Gasteiger partial charge in [-0.3, -0.25) is 14.3 Å². The number of halogens is 3. The van der Waals surface area contributed by atoms with Crippen LogP contribution in [0.15, 0.2) is 54.6 Å². The Hall–Kier alpha value is -4.00. The maximum atomic E-state index is 15.4. The molecule has 0 saturated carbocycles. The number of rotatable bonds is 13. The van der Waals surface area contributed by atoms with Crippen LogP contribution in [0.25, 0.3) is 22.3 Å². The molecule has 10 nitrogen and oxygen atoms in total. The van der Waals surface area contributed by atoms with Crippen LogP contribution in [0.2, 0.25) is 10.0 Å². The molecule has 1 atom stereocenters. The number of carbonyl (C=O) groups is 2. The van der Waals surface area contributed by atoms with E-state index in [1.165, 1.54) is 20.1 Å². The van der Waals surface area contributed by atoms with Crippen molar-refractivity contribution >= 4 is 40.7 Å². The summed E-state index contributed by atoms with van der Waals surface area (Å²) >= 11 is 13.8. The molecule has 5 N–H and O–H groups in total. The maximum absolute atomic E-state index is 15.4. The van der Waals surface area contributed by atoms with Gasteiger partial charge >= 0.3 is 0 Å². The second-order valence-corrected chi connectivity index (χ2v) is 11.9. The summed E-state index contributed by atoms with van der Waals surface area (Å²) in [6.45, 7) is 3.72. The Balaban J connectivity index is 1.37. The number of aliphatic hydroxyl groups is 1. The zero-order valence-electron chi connectivity index (χ0n) is 26.1. The van der Waals surface area contributed by atoms with Gasteiger partial charge in [0.2, 0.25) is 5.91 Å². The number of aryl methyl sites for hydroxylation is 1. The standard InChI is InChI=1S/C34H37Cl2FN6O4/c1-20(45)39-12-11-38-19-25-26(37)16-21(17-31(25)47-2)22-6-3-7-23(32(22)35)24-8-4-9-28(33(24)36)41-34(46)29-18-30-27(40-13-15-44)10-5-14-43(30)42-29/h3-4,6-9,16-18,27,38,40,44H,5,10-15,19H2,1-2H3,(H,39,45)(H,41,46). The molecule has 1 unspecified atom stereocenters. The van der Waals surface area contributed by atoms with Gasteiger partial charge in [0.1, 0.15) is 11.6 Å². The van der Waals surface area contributed by atoms with Crippen molar-refractivity contribution in [3.8, 4) is 28.0 Å². The minimum Gasteiger partial charge on any atom is -0.496 e. The van der Waals surface area contributed by atoms with E-state index < -0.39 is 11.7 Å². The van der Waals surface area contributed by atoms with Gasteiger partial charge in [0.05, 0.1) is 35.1 Å². The van der Waals surface area contributed by atoms with E-state index in [1.54, 1.807) is 42.5 Å². The summed E-state index contributed by atoms with van der Waals surface area (Å²) in [4.78, 5) is 24.4. The van der Waals surface area contributed by atoms with Crippen molar-refractivity contribution in [3.63, 3.8) is 0 Å². The van der Waals surface area contributed by atoms with Gasteiger partial charge in [0, 0.05) is 67.9 Å². The smallest absolute Gasteiger partial charge is 0.276 e. The first-order valence-corrected chi connectivity index (χ1v) is 16.1. The van der Waals surface area contributed by atoms with Crippen LogP contribution >= 0.6 is 23.2 Å². The first kappa shape index (κ1) is 34.3. The predicted molar refractivity (Wildman–Crippen MR) is 181 cm³/mol. The second-order valence-electron chi connectivity index (χ2n) is 11.1. The van der Waals surface area contributed by atoms with Crippen molar-refractivity contribution < 1.29 is 23.8 Å². The molecule has 2 heterocycles. The number of aromatic nitrogens is 2. The summed E-state index contributed by atoms with van der Waals surface area (Å²) < 4.78 is 22.7. The summed E-state index contributed by atoms with van der Waals surface area (Å²) in [5.74, 6) is -0.648. The van der Waals surface area contributed by atoms with E-state index in [4.69, 9.17) is 27.9 Å². The Kier molecular flexibility index (Phi) is 11.5.